The fourth-order valence-corrected chi connectivity index (χ4v) is 4.56. The van der Waals surface area contributed by atoms with Crippen LogP contribution in [0.25, 0.3) is 0 Å². The Labute approximate surface area is 183 Å². The molecular formula is C25H30N2O4. The normalized spacial score (nSPS) is 23.5. The molecule has 164 valence electrons. The van der Waals surface area contributed by atoms with E-state index in [0.717, 1.165) is 12.0 Å². The zero-order valence-electron chi connectivity index (χ0n) is 18.2. The number of hydrogen-bond acceptors (Lipinski definition) is 4. The highest BCUT2D eigenvalue weighted by atomic mass is 16.6. The van der Waals surface area contributed by atoms with Crippen molar-refractivity contribution in [2.75, 3.05) is 26.3 Å². The third kappa shape index (κ3) is 5.14. The Hall–Kier alpha value is -2.70. The molecule has 2 amide bonds. The lowest BCUT2D eigenvalue weighted by molar-refractivity contribution is -0.200. The topological polar surface area (TPSA) is 67.9 Å². The Morgan fingerprint density at radius 3 is 2.35 bits per heavy atom. The highest BCUT2D eigenvalue weighted by molar-refractivity contribution is 5.97. The summed E-state index contributed by atoms with van der Waals surface area (Å²) in [6.45, 7) is 6.07. The quantitative estimate of drug-likeness (QED) is 0.805. The first kappa shape index (κ1) is 21.5. The molecule has 0 unspecified atom stereocenters. The minimum absolute atomic E-state index is 0.0872. The minimum atomic E-state index is -0.664. The van der Waals surface area contributed by atoms with Gasteiger partial charge in [-0.25, -0.2) is 0 Å². The molecule has 6 nitrogen and oxygen atoms in total. The van der Waals surface area contributed by atoms with Gasteiger partial charge in [0.1, 0.15) is 11.6 Å². The maximum absolute atomic E-state index is 13.7. The fourth-order valence-electron chi connectivity index (χ4n) is 4.56. The van der Waals surface area contributed by atoms with Crippen LogP contribution in [0, 0.1) is 0 Å². The second-order valence-electron chi connectivity index (χ2n) is 9.12. The number of amides is 2. The van der Waals surface area contributed by atoms with Crippen LogP contribution in [0.1, 0.15) is 36.2 Å². The zero-order chi connectivity index (χ0) is 21.9. The van der Waals surface area contributed by atoms with Crippen molar-refractivity contribution in [2.24, 2.45) is 0 Å². The molecule has 0 aromatic heterocycles. The van der Waals surface area contributed by atoms with Crippen LogP contribution in [0.2, 0.25) is 0 Å². The third-order valence-corrected chi connectivity index (χ3v) is 5.84. The number of rotatable bonds is 5. The summed E-state index contributed by atoms with van der Waals surface area (Å²) >= 11 is 0. The number of ether oxygens (including phenoxy) is 2. The van der Waals surface area contributed by atoms with Crippen LogP contribution < -0.4 is 5.32 Å². The summed E-state index contributed by atoms with van der Waals surface area (Å²) in [5.41, 5.74) is 0.581. The summed E-state index contributed by atoms with van der Waals surface area (Å²) in [4.78, 5) is 28.4. The molecule has 2 saturated heterocycles. The molecule has 2 aromatic rings. The molecule has 31 heavy (non-hydrogen) atoms. The first-order chi connectivity index (χ1) is 14.9. The maximum Gasteiger partial charge on any atom is 0.251 e. The lowest BCUT2D eigenvalue weighted by atomic mass is 9.93. The molecular weight excluding hydrogens is 392 g/mol. The summed E-state index contributed by atoms with van der Waals surface area (Å²) in [6.07, 6.45) is 1.19. The van der Waals surface area contributed by atoms with Crippen molar-refractivity contribution in [1.29, 1.82) is 0 Å². The lowest BCUT2D eigenvalue weighted by Gasteiger charge is -2.48. The van der Waals surface area contributed by atoms with E-state index in [4.69, 9.17) is 9.47 Å². The van der Waals surface area contributed by atoms with E-state index < -0.39 is 17.2 Å². The zero-order valence-corrected chi connectivity index (χ0v) is 18.2. The molecule has 2 aliphatic rings. The van der Waals surface area contributed by atoms with Gasteiger partial charge in [-0.1, -0.05) is 48.5 Å². The van der Waals surface area contributed by atoms with E-state index in [9.17, 15) is 9.59 Å². The maximum atomic E-state index is 13.7. The lowest BCUT2D eigenvalue weighted by Crippen LogP contribution is -2.64. The molecule has 4 rings (SSSR count). The molecule has 1 spiro atoms. The first-order valence-corrected chi connectivity index (χ1v) is 10.8. The highest BCUT2D eigenvalue weighted by Crippen LogP contribution is 2.35. The van der Waals surface area contributed by atoms with Crippen LogP contribution in [0.3, 0.4) is 0 Å². The van der Waals surface area contributed by atoms with E-state index in [1.54, 1.807) is 12.1 Å². The molecule has 0 saturated carbocycles. The number of carbonyl (C=O) groups excluding carboxylic acids is 2. The fraction of sp³-hybridized carbons (Fsp3) is 0.440. The Balaban J connectivity index is 1.57. The van der Waals surface area contributed by atoms with E-state index in [1.807, 2.05) is 67.3 Å². The van der Waals surface area contributed by atoms with E-state index in [0.29, 0.717) is 38.3 Å². The molecule has 0 bridgehead atoms. The Morgan fingerprint density at radius 2 is 1.71 bits per heavy atom. The summed E-state index contributed by atoms with van der Waals surface area (Å²) in [5, 5.41) is 2.98. The standard InChI is InChI=1S/C25H30N2O4/c1-24(2)16-27(17-25(31-24)13-14-30-18-25)23(29)21(15-19-9-5-3-6-10-19)26-22(28)20-11-7-4-8-12-20/h3-12,21H,13-18H2,1-2H3,(H,26,28)/t21-,25+/m1/s1. The van der Waals surface area contributed by atoms with Gasteiger partial charge in [0.05, 0.1) is 18.8 Å². The van der Waals surface area contributed by atoms with Crippen LogP contribution in [0.5, 0.6) is 0 Å². The van der Waals surface area contributed by atoms with Crippen molar-refractivity contribution in [1.82, 2.24) is 10.2 Å². The van der Waals surface area contributed by atoms with E-state index in [2.05, 4.69) is 5.32 Å². The SMILES string of the molecule is CC1(C)CN(C(=O)[C@@H](Cc2ccccc2)NC(=O)c2ccccc2)C[C@]2(CCOC2)O1. The van der Waals surface area contributed by atoms with Crippen molar-refractivity contribution in [3.63, 3.8) is 0 Å². The second-order valence-corrected chi connectivity index (χ2v) is 9.12. The van der Waals surface area contributed by atoms with Crippen molar-refractivity contribution >= 4 is 11.8 Å². The predicted molar refractivity (Wildman–Crippen MR) is 118 cm³/mol. The van der Waals surface area contributed by atoms with Gasteiger partial charge in [0.2, 0.25) is 5.91 Å². The van der Waals surface area contributed by atoms with E-state index in [-0.39, 0.29) is 11.8 Å². The van der Waals surface area contributed by atoms with Crippen LogP contribution in [-0.4, -0.2) is 60.3 Å². The van der Waals surface area contributed by atoms with Gasteiger partial charge >= 0.3 is 0 Å². The van der Waals surface area contributed by atoms with Gasteiger partial charge in [-0.15, -0.1) is 0 Å². The van der Waals surface area contributed by atoms with Crippen LogP contribution in [0.15, 0.2) is 60.7 Å². The molecule has 2 atom stereocenters. The van der Waals surface area contributed by atoms with Gasteiger partial charge in [0.25, 0.3) is 5.91 Å². The summed E-state index contributed by atoms with van der Waals surface area (Å²) in [5.74, 6) is -0.336. The predicted octanol–water partition coefficient (Wildman–Crippen LogP) is 2.82. The Bertz CT molecular complexity index is 908. The Morgan fingerprint density at radius 1 is 1.03 bits per heavy atom. The van der Waals surface area contributed by atoms with Crippen LogP contribution >= 0.6 is 0 Å². The van der Waals surface area contributed by atoms with Crippen molar-refractivity contribution in [2.45, 2.75) is 43.9 Å². The second kappa shape index (κ2) is 8.81. The van der Waals surface area contributed by atoms with Crippen LogP contribution in [-0.2, 0) is 20.7 Å². The number of morpholine rings is 1. The molecule has 2 heterocycles. The molecule has 0 aliphatic carbocycles. The molecule has 6 heteroatoms. The molecule has 2 aromatic carbocycles. The Kier molecular flexibility index (Phi) is 6.12. The van der Waals surface area contributed by atoms with Gasteiger partial charge in [-0.2, -0.15) is 0 Å². The summed E-state index contributed by atoms with van der Waals surface area (Å²) in [7, 11) is 0. The minimum Gasteiger partial charge on any atom is -0.378 e. The number of nitrogens with one attached hydrogen (secondary N) is 1. The van der Waals surface area contributed by atoms with Gasteiger partial charge in [-0.3, -0.25) is 9.59 Å². The average molecular weight is 423 g/mol. The highest BCUT2D eigenvalue weighted by Gasteiger charge is 2.48. The first-order valence-electron chi connectivity index (χ1n) is 10.8. The molecule has 2 aliphatic heterocycles. The van der Waals surface area contributed by atoms with Gasteiger partial charge in [-0.05, 0) is 31.5 Å². The van der Waals surface area contributed by atoms with Crippen molar-refractivity contribution < 1.29 is 19.1 Å². The van der Waals surface area contributed by atoms with Gasteiger partial charge in [0.15, 0.2) is 0 Å². The van der Waals surface area contributed by atoms with E-state index >= 15 is 0 Å². The number of carbonyl (C=O) groups is 2. The van der Waals surface area contributed by atoms with Gasteiger partial charge in [0, 0.05) is 31.6 Å². The number of nitrogens with zero attached hydrogens (tertiary/aromatic N) is 1. The number of hydrogen-bond donors (Lipinski definition) is 1. The molecule has 1 N–H and O–H groups in total. The monoisotopic (exact) mass is 422 g/mol. The molecule has 2 fully saturated rings. The smallest absolute Gasteiger partial charge is 0.251 e. The van der Waals surface area contributed by atoms with Gasteiger partial charge < -0.3 is 19.7 Å². The van der Waals surface area contributed by atoms with Crippen LogP contribution in [0.4, 0.5) is 0 Å². The van der Waals surface area contributed by atoms with E-state index in [1.165, 1.54) is 0 Å². The largest absolute Gasteiger partial charge is 0.378 e. The third-order valence-electron chi connectivity index (χ3n) is 5.84. The molecule has 0 radical (unpaired) electrons. The summed E-state index contributed by atoms with van der Waals surface area (Å²) < 4.78 is 11.9. The van der Waals surface area contributed by atoms with Crippen molar-refractivity contribution in [3.05, 3.63) is 71.8 Å². The van der Waals surface area contributed by atoms with Crippen molar-refractivity contribution in [3.8, 4) is 0 Å². The summed E-state index contributed by atoms with van der Waals surface area (Å²) in [6, 6.07) is 18.1. The number of benzene rings is 2. The average Bonchev–Trinajstić information content (AvgIpc) is 3.19.